The maximum absolute atomic E-state index is 13.3. The zero-order valence-electron chi connectivity index (χ0n) is 12.3. The summed E-state index contributed by atoms with van der Waals surface area (Å²) in [5.74, 6) is -0.279. The molecule has 0 aromatic carbocycles. The van der Waals surface area contributed by atoms with Crippen LogP contribution < -0.4 is 0 Å². The van der Waals surface area contributed by atoms with E-state index in [0.29, 0.717) is 42.3 Å². The molecule has 1 aliphatic rings. The first-order valence-electron chi connectivity index (χ1n) is 7.39. The molecule has 3 nitrogen and oxygen atoms in total. The van der Waals surface area contributed by atoms with Gasteiger partial charge in [0.2, 0.25) is 0 Å². The van der Waals surface area contributed by atoms with Crippen LogP contribution in [0.4, 0.5) is 13.2 Å². The van der Waals surface area contributed by atoms with E-state index in [0.717, 1.165) is 6.42 Å². The Morgan fingerprint density at radius 2 is 1.90 bits per heavy atom. The van der Waals surface area contributed by atoms with Gasteiger partial charge in [0.05, 0.1) is 11.2 Å². The number of alkyl halides is 4. The topological polar surface area (TPSA) is 30.7 Å². The second-order valence-electron chi connectivity index (χ2n) is 6.15. The molecule has 0 bridgehead atoms. The Morgan fingerprint density at radius 1 is 1.24 bits per heavy atom. The van der Waals surface area contributed by atoms with Crippen LogP contribution in [0.15, 0.2) is 0 Å². The third-order valence-corrected chi connectivity index (χ3v) is 4.54. The van der Waals surface area contributed by atoms with E-state index < -0.39 is 18.0 Å². The molecular weight excluding hydrogens is 347 g/mol. The van der Waals surface area contributed by atoms with Gasteiger partial charge in [-0.25, -0.2) is 0 Å². The van der Waals surface area contributed by atoms with Crippen LogP contribution in [0.3, 0.4) is 0 Å². The van der Waals surface area contributed by atoms with E-state index in [1.54, 1.807) is 0 Å². The van der Waals surface area contributed by atoms with E-state index >= 15 is 0 Å². The minimum absolute atomic E-state index is 0.201. The third-order valence-electron chi connectivity index (χ3n) is 4.04. The van der Waals surface area contributed by atoms with Crippen LogP contribution in [-0.2, 0) is 11.9 Å². The SMILES string of the molecule is CC(C)Cn1c(CBr)nnc1C1CCCCC1C(F)(F)F. The third kappa shape index (κ3) is 3.79. The summed E-state index contributed by atoms with van der Waals surface area (Å²) in [7, 11) is 0. The van der Waals surface area contributed by atoms with Crippen LogP contribution in [0, 0.1) is 11.8 Å². The summed E-state index contributed by atoms with van der Waals surface area (Å²) in [6, 6.07) is 0. The highest BCUT2D eigenvalue weighted by atomic mass is 79.9. The maximum atomic E-state index is 13.3. The van der Waals surface area contributed by atoms with Crippen LogP contribution >= 0.6 is 15.9 Å². The first-order valence-corrected chi connectivity index (χ1v) is 8.51. The van der Waals surface area contributed by atoms with Crippen LogP contribution in [-0.4, -0.2) is 20.9 Å². The molecule has 1 aromatic heterocycles. The molecule has 0 spiro atoms. The van der Waals surface area contributed by atoms with Gasteiger partial charge in [0.25, 0.3) is 0 Å². The molecule has 1 heterocycles. The molecule has 0 radical (unpaired) electrons. The molecule has 2 rings (SSSR count). The first-order chi connectivity index (χ1) is 9.84. The smallest absolute Gasteiger partial charge is 0.314 e. The van der Waals surface area contributed by atoms with E-state index in [-0.39, 0.29) is 6.42 Å². The number of aromatic nitrogens is 3. The normalized spacial score (nSPS) is 23.8. The summed E-state index contributed by atoms with van der Waals surface area (Å²) in [6.07, 6.45) is -1.94. The van der Waals surface area contributed by atoms with Gasteiger partial charge in [-0.05, 0) is 18.8 Å². The second kappa shape index (κ2) is 6.67. The van der Waals surface area contributed by atoms with Gasteiger partial charge in [0.1, 0.15) is 11.6 Å². The Labute approximate surface area is 131 Å². The van der Waals surface area contributed by atoms with E-state index in [1.165, 1.54) is 0 Å². The van der Waals surface area contributed by atoms with Crippen molar-refractivity contribution in [2.75, 3.05) is 0 Å². The Kier molecular flexibility index (Phi) is 5.33. The van der Waals surface area contributed by atoms with Crippen molar-refractivity contribution < 1.29 is 13.2 Å². The summed E-state index contributed by atoms with van der Waals surface area (Å²) in [5, 5.41) is 8.70. The highest BCUT2D eigenvalue weighted by Crippen LogP contribution is 2.46. The molecule has 7 heteroatoms. The summed E-state index contributed by atoms with van der Waals surface area (Å²) < 4.78 is 41.8. The van der Waals surface area contributed by atoms with Crippen molar-refractivity contribution in [2.24, 2.45) is 11.8 Å². The average molecular weight is 368 g/mol. The number of hydrogen-bond donors (Lipinski definition) is 0. The highest BCUT2D eigenvalue weighted by Gasteiger charge is 2.47. The molecule has 0 amide bonds. The van der Waals surface area contributed by atoms with Gasteiger partial charge in [-0.15, -0.1) is 10.2 Å². The summed E-state index contributed by atoms with van der Waals surface area (Å²) in [6.45, 7) is 4.75. The van der Waals surface area contributed by atoms with Gasteiger partial charge >= 0.3 is 6.18 Å². The zero-order chi connectivity index (χ0) is 15.6. The van der Waals surface area contributed by atoms with Crippen LogP contribution in [0.25, 0.3) is 0 Å². The molecule has 1 fully saturated rings. The molecule has 1 saturated carbocycles. The fourth-order valence-corrected chi connectivity index (χ4v) is 3.53. The predicted octanol–water partition coefficient (Wildman–Crippen LogP) is 4.67. The van der Waals surface area contributed by atoms with Crippen molar-refractivity contribution in [1.82, 2.24) is 14.8 Å². The Hall–Kier alpha value is -0.590. The molecule has 21 heavy (non-hydrogen) atoms. The van der Waals surface area contributed by atoms with Gasteiger partial charge in [0.15, 0.2) is 0 Å². The first kappa shape index (κ1) is 16.8. The van der Waals surface area contributed by atoms with Crippen molar-refractivity contribution >= 4 is 15.9 Å². The average Bonchev–Trinajstić information content (AvgIpc) is 2.79. The minimum atomic E-state index is -4.16. The standard InChI is InChI=1S/C14H21BrF3N3/c1-9(2)8-21-12(7-15)19-20-13(21)10-5-3-4-6-11(10)14(16,17)18/h9-11H,3-8H2,1-2H3. The van der Waals surface area contributed by atoms with Gasteiger partial charge in [-0.3, -0.25) is 0 Å². The molecular formula is C14H21BrF3N3. The lowest BCUT2D eigenvalue weighted by Crippen LogP contribution is -2.33. The van der Waals surface area contributed by atoms with Crippen LogP contribution in [0.2, 0.25) is 0 Å². The number of hydrogen-bond acceptors (Lipinski definition) is 2. The van der Waals surface area contributed by atoms with E-state index in [4.69, 9.17) is 0 Å². The van der Waals surface area contributed by atoms with E-state index in [1.807, 2.05) is 18.4 Å². The lowest BCUT2D eigenvalue weighted by atomic mass is 9.78. The van der Waals surface area contributed by atoms with Crippen LogP contribution in [0.5, 0.6) is 0 Å². The van der Waals surface area contributed by atoms with Crippen molar-refractivity contribution in [1.29, 1.82) is 0 Å². The van der Waals surface area contributed by atoms with Crippen molar-refractivity contribution in [2.45, 2.75) is 63.5 Å². The molecule has 0 aliphatic heterocycles. The van der Waals surface area contributed by atoms with Gasteiger partial charge in [0, 0.05) is 12.5 Å². The molecule has 0 saturated heterocycles. The molecule has 2 atom stereocenters. The molecule has 1 aromatic rings. The second-order valence-corrected chi connectivity index (χ2v) is 6.71. The molecule has 0 N–H and O–H groups in total. The van der Waals surface area contributed by atoms with Crippen LogP contribution in [0.1, 0.15) is 57.1 Å². The van der Waals surface area contributed by atoms with E-state index in [9.17, 15) is 13.2 Å². The summed E-state index contributed by atoms with van der Waals surface area (Å²) >= 11 is 3.34. The van der Waals surface area contributed by atoms with Gasteiger partial charge < -0.3 is 4.57 Å². The monoisotopic (exact) mass is 367 g/mol. The Balaban J connectivity index is 2.36. The lowest BCUT2D eigenvalue weighted by molar-refractivity contribution is -0.188. The van der Waals surface area contributed by atoms with E-state index in [2.05, 4.69) is 26.1 Å². The molecule has 120 valence electrons. The predicted molar refractivity (Wildman–Crippen MR) is 78.2 cm³/mol. The fraction of sp³-hybridized carbons (Fsp3) is 0.857. The van der Waals surface area contributed by atoms with Crippen molar-refractivity contribution in [3.63, 3.8) is 0 Å². The zero-order valence-corrected chi connectivity index (χ0v) is 13.9. The summed E-state index contributed by atoms with van der Waals surface area (Å²) in [4.78, 5) is 0. The van der Waals surface area contributed by atoms with Crippen molar-refractivity contribution in [3.8, 4) is 0 Å². The number of rotatable bonds is 4. The largest absolute Gasteiger partial charge is 0.392 e. The highest BCUT2D eigenvalue weighted by molar-refractivity contribution is 9.08. The molecule has 2 unspecified atom stereocenters. The van der Waals surface area contributed by atoms with Crippen molar-refractivity contribution in [3.05, 3.63) is 11.6 Å². The Bertz CT molecular complexity index is 471. The quantitative estimate of drug-likeness (QED) is 0.724. The summed E-state index contributed by atoms with van der Waals surface area (Å²) in [5.41, 5.74) is 0. The maximum Gasteiger partial charge on any atom is 0.392 e. The number of halogens is 4. The fourth-order valence-electron chi connectivity index (χ4n) is 3.12. The van der Waals surface area contributed by atoms with Gasteiger partial charge in [-0.1, -0.05) is 42.6 Å². The van der Waals surface area contributed by atoms with Gasteiger partial charge in [-0.2, -0.15) is 13.2 Å². The molecule has 1 aliphatic carbocycles. The lowest BCUT2D eigenvalue weighted by Gasteiger charge is -2.32. The minimum Gasteiger partial charge on any atom is -0.314 e. The number of nitrogens with zero attached hydrogens (tertiary/aromatic N) is 3. The Morgan fingerprint density at radius 3 is 2.48 bits per heavy atom.